The first-order valence-electron chi connectivity index (χ1n) is 17.8. The Morgan fingerprint density at radius 3 is 2.30 bits per heavy atom. The standard InChI is InChI=1S/C40H39ClFN3O8/c41-25-9-7-24(8-10-25)40-32(37(50)45(39(40)52)43-27-13-11-26(42)12-14-27)22-31-29(35(40)23-5-15-28(16-6-23)53-21-20-46)17-18-30-34(31)38(51)44(36(30)49)19-3-1-2-4-33(47)48/h5-17,30-32,34-35,43,46H,1-4,18-22H2,(H,47,48)/t30-,31+,32-,34-,35-,40+/m0/s1. The normalized spacial score (nSPS) is 26.2. The number of likely N-dealkylation sites (tertiary alicyclic amines) is 1. The number of imide groups is 2. The SMILES string of the molecule is O=C(O)CCCCCN1C(=O)[C@H]2[C@H](CC=C3[C@H]2C[C@H]2C(=O)N(Nc4ccc(F)cc4)C(=O)[C@@]2(c2ccc(Cl)cc2)[C@H]3c2ccc(OCCO)cc2)C1=O. The molecule has 4 amide bonds. The van der Waals surface area contributed by atoms with Crippen molar-refractivity contribution < 1.29 is 43.3 Å². The van der Waals surface area contributed by atoms with Gasteiger partial charge in [0.25, 0.3) is 11.8 Å². The number of aliphatic carboxylic acids is 1. The third-order valence-electron chi connectivity index (χ3n) is 11.2. The summed E-state index contributed by atoms with van der Waals surface area (Å²) in [5, 5.41) is 19.7. The molecule has 0 bridgehead atoms. The number of nitrogens with one attached hydrogen (secondary N) is 1. The van der Waals surface area contributed by atoms with Crippen LogP contribution in [0, 0.1) is 29.5 Å². The summed E-state index contributed by atoms with van der Waals surface area (Å²) >= 11 is 6.35. The molecule has 2 saturated heterocycles. The Kier molecular flexibility index (Phi) is 10.1. The molecule has 4 aliphatic rings. The summed E-state index contributed by atoms with van der Waals surface area (Å²) < 4.78 is 19.5. The van der Waals surface area contributed by atoms with Crippen LogP contribution in [-0.2, 0) is 29.4 Å². The van der Waals surface area contributed by atoms with Gasteiger partial charge in [0.15, 0.2) is 0 Å². The molecule has 0 spiro atoms. The van der Waals surface area contributed by atoms with E-state index in [1.807, 2.05) is 18.2 Å². The number of amides is 4. The number of nitrogens with zero attached hydrogens (tertiary/aromatic N) is 2. The van der Waals surface area contributed by atoms with Crippen molar-refractivity contribution >= 4 is 46.9 Å². The lowest BCUT2D eigenvalue weighted by molar-refractivity contribution is -0.141. The van der Waals surface area contributed by atoms with E-state index in [9.17, 15) is 28.7 Å². The fourth-order valence-corrected chi connectivity index (χ4v) is 9.08. The van der Waals surface area contributed by atoms with Gasteiger partial charge in [-0.05, 0) is 91.3 Å². The molecule has 0 unspecified atom stereocenters. The Morgan fingerprint density at radius 1 is 0.906 bits per heavy atom. The van der Waals surface area contributed by atoms with E-state index in [2.05, 4.69) is 5.43 Å². The molecule has 53 heavy (non-hydrogen) atoms. The number of carbonyl (C=O) groups excluding carboxylic acids is 4. The lowest BCUT2D eigenvalue weighted by Crippen LogP contribution is -2.53. The Bertz CT molecular complexity index is 1950. The monoisotopic (exact) mass is 743 g/mol. The number of anilines is 1. The molecule has 2 aliphatic carbocycles. The van der Waals surface area contributed by atoms with Crippen molar-refractivity contribution in [2.75, 3.05) is 25.2 Å². The molecule has 2 aliphatic heterocycles. The molecule has 11 nitrogen and oxygen atoms in total. The number of fused-ring (bicyclic) bond motifs is 4. The van der Waals surface area contributed by atoms with E-state index in [-0.39, 0.29) is 50.8 Å². The van der Waals surface area contributed by atoms with Crippen molar-refractivity contribution in [2.45, 2.75) is 49.9 Å². The van der Waals surface area contributed by atoms with Crippen molar-refractivity contribution in [3.8, 4) is 5.75 Å². The number of aliphatic hydroxyl groups excluding tert-OH is 1. The van der Waals surface area contributed by atoms with Crippen LogP contribution in [0.5, 0.6) is 5.75 Å². The van der Waals surface area contributed by atoms with Gasteiger partial charge in [0.05, 0.1) is 35.5 Å². The van der Waals surface area contributed by atoms with Crippen LogP contribution in [-0.4, -0.2) is 69.5 Å². The number of unbranched alkanes of at least 4 members (excludes halogenated alkanes) is 2. The van der Waals surface area contributed by atoms with Crippen LogP contribution < -0.4 is 10.2 Å². The zero-order valence-electron chi connectivity index (χ0n) is 28.8. The van der Waals surface area contributed by atoms with E-state index in [0.717, 1.165) is 10.6 Å². The first kappa shape index (κ1) is 36.3. The average molecular weight is 744 g/mol. The smallest absolute Gasteiger partial charge is 0.303 e. The molecule has 2 heterocycles. The lowest BCUT2D eigenvalue weighted by atomic mass is 9.49. The molecule has 0 radical (unpaired) electrons. The maximum Gasteiger partial charge on any atom is 0.303 e. The maximum atomic E-state index is 15.2. The van der Waals surface area contributed by atoms with Gasteiger partial charge in [-0.3, -0.25) is 34.3 Å². The summed E-state index contributed by atoms with van der Waals surface area (Å²) in [4.78, 5) is 70.2. The second-order valence-corrected chi connectivity index (χ2v) is 14.5. The number of carboxylic acid groups (broad SMARTS) is 1. The van der Waals surface area contributed by atoms with Gasteiger partial charge in [-0.15, -0.1) is 0 Å². The number of halogens is 2. The average Bonchev–Trinajstić information content (AvgIpc) is 3.52. The number of benzene rings is 3. The van der Waals surface area contributed by atoms with Gasteiger partial charge in [-0.1, -0.05) is 53.9 Å². The predicted octanol–water partition coefficient (Wildman–Crippen LogP) is 5.48. The number of allylic oxidation sites excluding steroid dienone is 2. The number of aliphatic hydroxyl groups is 1. The van der Waals surface area contributed by atoms with E-state index in [4.69, 9.17) is 21.4 Å². The van der Waals surface area contributed by atoms with E-state index in [0.29, 0.717) is 46.8 Å². The highest BCUT2D eigenvalue weighted by Crippen LogP contribution is 2.64. The predicted molar refractivity (Wildman–Crippen MR) is 191 cm³/mol. The maximum absolute atomic E-state index is 15.2. The summed E-state index contributed by atoms with van der Waals surface area (Å²) in [6, 6.07) is 19.2. The largest absolute Gasteiger partial charge is 0.491 e. The van der Waals surface area contributed by atoms with Crippen LogP contribution in [0.1, 0.15) is 55.6 Å². The van der Waals surface area contributed by atoms with E-state index in [1.165, 1.54) is 29.2 Å². The summed E-state index contributed by atoms with van der Waals surface area (Å²) in [7, 11) is 0. The van der Waals surface area contributed by atoms with E-state index < -0.39 is 58.6 Å². The quantitative estimate of drug-likeness (QED) is 0.117. The molecule has 3 fully saturated rings. The molecule has 0 aromatic heterocycles. The van der Waals surface area contributed by atoms with Crippen molar-refractivity contribution in [2.24, 2.45) is 23.7 Å². The first-order chi connectivity index (χ1) is 25.6. The number of hydrogen-bond donors (Lipinski definition) is 3. The Labute approximate surface area is 310 Å². The van der Waals surface area contributed by atoms with Crippen LogP contribution >= 0.6 is 11.6 Å². The van der Waals surface area contributed by atoms with Crippen molar-refractivity contribution in [3.63, 3.8) is 0 Å². The fourth-order valence-electron chi connectivity index (χ4n) is 8.96. The second kappa shape index (κ2) is 14.7. The zero-order valence-corrected chi connectivity index (χ0v) is 29.5. The number of carbonyl (C=O) groups is 5. The summed E-state index contributed by atoms with van der Waals surface area (Å²) in [5.74, 6) is -6.20. The summed E-state index contributed by atoms with van der Waals surface area (Å²) in [6.07, 6.45) is 3.82. The number of carboxylic acids is 1. The van der Waals surface area contributed by atoms with Crippen LogP contribution in [0.25, 0.3) is 0 Å². The summed E-state index contributed by atoms with van der Waals surface area (Å²) in [6.45, 7) is 0.0809. The molecule has 6 atom stereocenters. The molecular formula is C40H39ClFN3O8. The van der Waals surface area contributed by atoms with Gasteiger partial charge >= 0.3 is 5.97 Å². The molecule has 3 N–H and O–H groups in total. The number of ether oxygens (including phenoxy) is 1. The van der Waals surface area contributed by atoms with Gasteiger partial charge in [0, 0.05) is 23.9 Å². The first-order valence-corrected chi connectivity index (χ1v) is 18.2. The Balaban J connectivity index is 1.33. The highest BCUT2D eigenvalue weighted by Gasteiger charge is 2.70. The minimum Gasteiger partial charge on any atom is -0.491 e. The number of rotatable bonds is 13. The van der Waals surface area contributed by atoms with Crippen LogP contribution in [0.4, 0.5) is 10.1 Å². The molecular weight excluding hydrogens is 705 g/mol. The van der Waals surface area contributed by atoms with Crippen molar-refractivity contribution in [1.29, 1.82) is 0 Å². The molecule has 13 heteroatoms. The molecule has 3 aromatic carbocycles. The van der Waals surface area contributed by atoms with Gasteiger partial charge in [-0.25, -0.2) is 4.39 Å². The lowest BCUT2D eigenvalue weighted by Gasteiger charge is -2.50. The molecule has 276 valence electrons. The van der Waals surface area contributed by atoms with Crippen molar-refractivity contribution in [1.82, 2.24) is 9.91 Å². The fraction of sp³-hybridized carbons (Fsp3) is 0.375. The van der Waals surface area contributed by atoms with Crippen LogP contribution in [0.15, 0.2) is 84.4 Å². The summed E-state index contributed by atoms with van der Waals surface area (Å²) in [5.41, 5.74) is 3.79. The molecule has 3 aromatic rings. The topological polar surface area (TPSA) is 154 Å². The number of hydrogen-bond acceptors (Lipinski definition) is 8. The third-order valence-corrected chi connectivity index (χ3v) is 11.4. The molecule has 7 rings (SSSR count). The second-order valence-electron chi connectivity index (χ2n) is 14.0. The van der Waals surface area contributed by atoms with E-state index in [1.54, 1.807) is 36.4 Å². The third kappa shape index (κ3) is 6.37. The van der Waals surface area contributed by atoms with Gasteiger partial charge < -0.3 is 14.9 Å². The number of hydrazine groups is 1. The van der Waals surface area contributed by atoms with Crippen LogP contribution in [0.3, 0.4) is 0 Å². The zero-order chi connectivity index (χ0) is 37.4. The van der Waals surface area contributed by atoms with Gasteiger partial charge in [-0.2, -0.15) is 5.01 Å². The van der Waals surface area contributed by atoms with Crippen LogP contribution in [0.2, 0.25) is 5.02 Å². The van der Waals surface area contributed by atoms with Gasteiger partial charge in [0.2, 0.25) is 11.8 Å². The highest BCUT2D eigenvalue weighted by molar-refractivity contribution is 6.30. The highest BCUT2D eigenvalue weighted by atomic mass is 35.5. The molecule has 1 saturated carbocycles. The van der Waals surface area contributed by atoms with Gasteiger partial charge in [0.1, 0.15) is 18.2 Å². The minimum atomic E-state index is -1.51. The Hall–Kier alpha value is -5.07. The minimum absolute atomic E-state index is 0.00889. The van der Waals surface area contributed by atoms with E-state index >= 15 is 4.79 Å². The van der Waals surface area contributed by atoms with Crippen molar-refractivity contribution in [3.05, 3.63) is 106 Å². The Morgan fingerprint density at radius 2 is 1.62 bits per heavy atom.